The van der Waals surface area contributed by atoms with Crippen LogP contribution in [0, 0.1) is 0 Å². The van der Waals surface area contributed by atoms with Crippen molar-refractivity contribution in [2.75, 3.05) is 20.3 Å². The summed E-state index contributed by atoms with van der Waals surface area (Å²) >= 11 is 9.87. The maximum Gasteiger partial charge on any atom is 0.271 e. The number of methoxy groups -OCH3 is 1. The number of rotatable bonds is 12. The topological polar surface area (TPSA) is 78.4 Å². The number of hydrogen-bond donors (Lipinski definition) is 1. The van der Waals surface area contributed by atoms with E-state index in [-0.39, 0.29) is 5.91 Å². The number of halogens is 2. The fourth-order valence-corrected chi connectivity index (χ4v) is 3.71. The molecule has 9 heteroatoms. The van der Waals surface area contributed by atoms with E-state index < -0.39 is 0 Å². The van der Waals surface area contributed by atoms with Crippen LogP contribution in [0.2, 0.25) is 5.02 Å². The molecule has 0 heterocycles. The highest BCUT2D eigenvalue weighted by Crippen LogP contribution is 2.36. The largest absolute Gasteiger partial charge is 0.493 e. The lowest BCUT2D eigenvalue weighted by molar-refractivity contribution is 0.0954. The Balaban J connectivity index is 1.67. The number of nitrogens with zero attached hydrogens (tertiary/aromatic N) is 1. The molecule has 3 rings (SSSR count). The van der Waals surface area contributed by atoms with Crippen LogP contribution in [-0.4, -0.2) is 32.4 Å². The molecule has 0 saturated carbocycles. The lowest BCUT2D eigenvalue weighted by atomic mass is 10.2. The first-order chi connectivity index (χ1) is 17.4. The van der Waals surface area contributed by atoms with Gasteiger partial charge in [0.15, 0.2) is 23.0 Å². The third-order valence-electron chi connectivity index (χ3n) is 4.90. The number of carbonyl (C=O) groups excluding carboxylic acids is 1. The van der Waals surface area contributed by atoms with Crippen LogP contribution in [0.5, 0.6) is 23.0 Å². The summed E-state index contributed by atoms with van der Waals surface area (Å²) in [5, 5.41) is 4.42. The molecule has 190 valence electrons. The second kappa shape index (κ2) is 13.8. The highest BCUT2D eigenvalue weighted by Gasteiger charge is 2.13. The van der Waals surface area contributed by atoms with Crippen molar-refractivity contribution in [3.63, 3.8) is 0 Å². The first-order valence-electron chi connectivity index (χ1n) is 11.4. The highest BCUT2D eigenvalue weighted by atomic mass is 79.9. The van der Waals surface area contributed by atoms with Crippen molar-refractivity contribution < 1.29 is 23.7 Å². The molecule has 0 unspecified atom stereocenters. The zero-order valence-electron chi connectivity index (χ0n) is 20.3. The monoisotopic (exact) mass is 574 g/mol. The summed E-state index contributed by atoms with van der Waals surface area (Å²) in [6.45, 7) is 5.25. The van der Waals surface area contributed by atoms with Crippen molar-refractivity contribution in [3.05, 3.63) is 80.8 Å². The molecule has 0 aliphatic rings. The average Bonchev–Trinajstić information content (AvgIpc) is 2.88. The predicted molar refractivity (Wildman–Crippen MR) is 145 cm³/mol. The summed E-state index contributed by atoms with van der Waals surface area (Å²) < 4.78 is 23.6. The van der Waals surface area contributed by atoms with Crippen LogP contribution in [0.3, 0.4) is 0 Å². The van der Waals surface area contributed by atoms with Gasteiger partial charge in [0.25, 0.3) is 5.91 Å². The van der Waals surface area contributed by atoms with E-state index in [1.54, 1.807) is 30.3 Å². The molecule has 0 bridgehead atoms. The minimum atomic E-state index is -0.387. The van der Waals surface area contributed by atoms with Gasteiger partial charge in [-0.15, -0.1) is 0 Å². The number of benzene rings is 3. The van der Waals surface area contributed by atoms with Gasteiger partial charge in [-0.05, 0) is 66.9 Å². The van der Waals surface area contributed by atoms with Crippen LogP contribution in [0.4, 0.5) is 0 Å². The molecular formula is C27H28BrClN2O5. The van der Waals surface area contributed by atoms with Crippen LogP contribution in [-0.2, 0) is 6.61 Å². The van der Waals surface area contributed by atoms with Gasteiger partial charge in [-0.2, -0.15) is 5.10 Å². The lowest BCUT2D eigenvalue weighted by Crippen LogP contribution is -2.17. The van der Waals surface area contributed by atoms with Crippen LogP contribution < -0.4 is 24.4 Å². The molecule has 3 aromatic rings. The molecule has 0 atom stereocenters. The van der Waals surface area contributed by atoms with Crippen molar-refractivity contribution in [1.29, 1.82) is 0 Å². The van der Waals surface area contributed by atoms with E-state index in [1.807, 2.05) is 38.1 Å². The van der Waals surface area contributed by atoms with Crippen molar-refractivity contribution >= 4 is 39.7 Å². The van der Waals surface area contributed by atoms with Crippen molar-refractivity contribution in [2.45, 2.75) is 26.9 Å². The Hall–Kier alpha value is -3.23. The summed E-state index contributed by atoms with van der Waals surface area (Å²) in [6, 6.07) is 16.2. The smallest absolute Gasteiger partial charge is 0.271 e. The number of nitrogens with one attached hydrogen (secondary N) is 1. The van der Waals surface area contributed by atoms with E-state index >= 15 is 0 Å². The Morgan fingerprint density at radius 3 is 2.47 bits per heavy atom. The maximum atomic E-state index is 12.6. The molecule has 0 aliphatic carbocycles. The molecule has 7 nitrogen and oxygen atoms in total. The minimum Gasteiger partial charge on any atom is -0.493 e. The third kappa shape index (κ3) is 7.63. The maximum absolute atomic E-state index is 12.6. The van der Waals surface area contributed by atoms with Gasteiger partial charge < -0.3 is 18.9 Å². The molecule has 0 radical (unpaired) electrons. The quantitative estimate of drug-likeness (QED) is 0.193. The highest BCUT2D eigenvalue weighted by molar-refractivity contribution is 9.10. The van der Waals surface area contributed by atoms with Gasteiger partial charge in [0.1, 0.15) is 6.61 Å². The van der Waals surface area contributed by atoms with Gasteiger partial charge in [-0.3, -0.25) is 4.79 Å². The third-order valence-corrected chi connectivity index (χ3v) is 5.70. The standard InChI is InChI=1S/C27H28BrClN2O5/c1-4-12-35-23-11-8-20(15-24(23)34-5-2)27(32)31-30-16-19-13-22(29)26(25(14-19)33-3)36-17-18-6-9-21(28)10-7-18/h6-11,13-16H,4-5,12,17H2,1-3H3,(H,31,32)/b30-16+. The molecule has 3 aromatic carbocycles. The fourth-order valence-electron chi connectivity index (χ4n) is 3.17. The zero-order valence-corrected chi connectivity index (χ0v) is 22.7. The summed E-state index contributed by atoms with van der Waals surface area (Å²) in [7, 11) is 1.53. The molecule has 1 amide bonds. The summed E-state index contributed by atoms with van der Waals surface area (Å²) in [5.41, 5.74) is 4.53. The Bertz CT molecular complexity index is 1200. The normalized spacial score (nSPS) is 10.8. The second-order valence-electron chi connectivity index (χ2n) is 7.59. The van der Waals surface area contributed by atoms with Gasteiger partial charge in [-0.25, -0.2) is 5.43 Å². The first kappa shape index (κ1) is 27.4. The first-order valence-corrected chi connectivity index (χ1v) is 12.6. The van der Waals surface area contributed by atoms with Gasteiger partial charge in [0, 0.05) is 10.0 Å². The Morgan fingerprint density at radius 2 is 1.78 bits per heavy atom. The predicted octanol–water partition coefficient (Wildman–Crippen LogP) is 6.64. The van der Waals surface area contributed by atoms with Crippen molar-refractivity contribution in [1.82, 2.24) is 5.43 Å². The summed E-state index contributed by atoms with van der Waals surface area (Å²) in [6.07, 6.45) is 2.35. The van der Waals surface area contributed by atoms with Crippen LogP contribution >= 0.6 is 27.5 Å². The number of hydrazone groups is 1. The SMILES string of the molecule is CCCOc1ccc(C(=O)N/N=C/c2cc(Cl)c(OCc3ccc(Br)cc3)c(OC)c2)cc1OCC. The van der Waals surface area contributed by atoms with Crippen molar-refractivity contribution in [3.8, 4) is 23.0 Å². The van der Waals surface area contributed by atoms with Gasteiger partial charge in [0.05, 0.1) is 31.6 Å². The molecule has 0 aromatic heterocycles. The van der Waals surface area contributed by atoms with Crippen LogP contribution in [0.15, 0.2) is 64.2 Å². The van der Waals surface area contributed by atoms with Crippen molar-refractivity contribution in [2.24, 2.45) is 5.10 Å². The zero-order chi connectivity index (χ0) is 25.9. The molecule has 0 fully saturated rings. The lowest BCUT2D eigenvalue weighted by Gasteiger charge is -2.13. The van der Waals surface area contributed by atoms with Gasteiger partial charge in [-0.1, -0.05) is 46.6 Å². The van der Waals surface area contributed by atoms with E-state index in [4.69, 9.17) is 30.5 Å². The average molecular weight is 576 g/mol. The molecular weight excluding hydrogens is 548 g/mol. The van der Waals surface area contributed by atoms with Gasteiger partial charge in [0.2, 0.25) is 0 Å². The number of ether oxygens (including phenoxy) is 4. The Labute approximate surface area is 224 Å². The second-order valence-corrected chi connectivity index (χ2v) is 8.91. The van der Waals surface area contributed by atoms with E-state index in [0.29, 0.717) is 59.0 Å². The number of hydrogen-bond acceptors (Lipinski definition) is 6. The molecule has 0 spiro atoms. The minimum absolute atomic E-state index is 0.332. The van der Waals surface area contributed by atoms with E-state index in [0.717, 1.165) is 16.5 Å². The van der Waals surface area contributed by atoms with E-state index in [1.165, 1.54) is 13.3 Å². The Morgan fingerprint density at radius 1 is 1.00 bits per heavy atom. The Kier molecular flexibility index (Phi) is 10.5. The summed E-state index contributed by atoms with van der Waals surface area (Å²) in [4.78, 5) is 12.6. The molecule has 0 saturated heterocycles. The van der Waals surface area contributed by atoms with Crippen LogP contribution in [0.1, 0.15) is 41.8 Å². The van der Waals surface area contributed by atoms with E-state index in [2.05, 4.69) is 26.5 Å². The number of carbonyl (C=O) groups is 1. The van der Waals surface area contributed by atoms with E-state index in [9.17, 15) is 4.79 Å². The summed E-state index contributed by atoms with van der Waals surface area (Å²) in [5.74, 6) is 1.61. The number of amides is 1. The molecule has 1 N–H and O–H groups in total. The molecule has 0 aliphatic heterocycles. The van der Waals surface area contributed by atoms with Gasteiger partial charge >= 0.3 is 0 Å². The molecule has 36 heavy (non-hydrogen) atoms. The fraction of sp³-hybridized carbons (Fsp3) is 0.259. The van der Waals surface area contributed by atoms with Crippen LogP contribution in [0.25, 0.3) is 0 Å².